The lowest BCUT2D eigenvalue weighted by Gasteiger charge is -2.11. The number of nitrogens with zero attached hydrogens (tertiary/aromatic N) is 1. The van der Waals surface area contributed by atoms with Crippen molar-refractivity contribution in [1.82, 2.24) is 10.4 Å². The number of H-pyrrole nitrogens is 1. The number of benzene rings is 4. The molecule has 2 heterocycles. The number of carbonyl (C=O) groups is 2. The fraction of sp³-hybridized carbons (Fsp3) is 0.0938. The standard InChI is InChI=1S/C32H23BrClN3O6/c1-2-40-26-12-18(8-10-25(26)43-32(39)20-9-11-24-27(13-20)42-17-41-24)16-35-37-31(38)30-28(19-6-4-3-5-7-19)22-14-21(33)15-23(34)29(22)36-30/h3-16,36H,2,17H2,1H3,(H,37,38). The molecular weight excluding hydrogens is 638 g/mol. The lowest BCUT2D eigenvalue weighted by molar-refractivity contribution is 0.0727. The van der Waals surface area contributed by atoms with Crippen LogP contribution in [0, 0.1) is 0 Å². The van der Waals surface area contributed by atoms with Crippen molar-refractivity contribution in [2.24, 2.45) is 5.10 Å². The Bertz CT molecular complexity index is 1890. The van der Waals surface area contributed by atoms with Crippen LogP contribution in [0.1, 0.15) is 33.3 Å². The summed E-state index contributed by atoms with van der Waals surface area (Å²) in [4.78, 5) is 29.3. The monoisotopic (exact) mass is 659 g/mol. The van der Waals surface area contributed by atoms with Crippen LogP contribution in [-0.4, -0.2) is 36.5 Å². The van der Waals surface area contributed by atoms with E-state index in [0.717, 1.165) is 15.4 Å². The second-order valence-corrected chi connectivity index (χ2v) is 10.7. The number of hydrazone groups is 1. The number of halogens is 2. The Balaban J connectivity index is 1.22. The van der Waals surface area contributed by atoms with E-state index < -0.39 is 11.9 Å². The molecule has 0 unspecified atom stereocenters. The number of amides is 1. The van der Waals surface area contributed by atoms with Crippen molar-refractivity contribution in [2.45, 2.75) is 6.92 Å². The number of fused-ring (bicyclic) bond motifs is 2. The zero-order valence-electron chi connectivity index (χ0n) is 22.6. The summed E-state index contributed by atoms with van der Waals surface area (Å²) in [6.45, 7) is 2.27. The van der Waals surface area contributed by atoms with Gasteiger partial charge in [0.15, 0.2) is 23.0 Å². The average Bonchev–Trinajstić information content (AvgIpc) is 3.63. The van der Waals surface area contributed by atoms with Crippen molar-refractivity contribution in [3.8, 4) is 34.1 Å². The van der Waals surface area contributed by atoms with Gasteiger partial charge in [0.05, 0.1) is 28.9 Å². The van der Waals surface area contributed by atoms with Gasteiger partial charge in [-0.2, -0.15) is 5.10 Å². The maximum absolute atomic E-state index is 13.3. The molecule has 5 aromatic rings. The topological polar surface area (TPSA) is 111 Å². The van der Waals surface area contributed by atoms with Crippen molar-refractivity contribution in [3.05, 3.63) is 105 Å². The van der Waals surface area contributed by atoms with Crippen LogP contribution in [0.3, 0.4) is 0 Å². The van der Waals surface area contributed by atoms with E-state index in [9.17, 15) is 9.59 Å². The predicted molar refractivity (Wildman–Crippen MR) is 167 cm³/mol. The molecule has 43 heavy (non-hydrogen) atoms. The van der Waals surface area contributed by atoms with E-state index in [-0.39, 0.29) is 12.5 Å². The van der Waals surface area contributed by atoms with Crippen LogP contribution >= 0.6 is 27.5 Å². The first-order valence-electron chi connectivity index (χ1n) is 13.2. The summed E-state index contributed by atoms with van der Waals surface area (Å²) < 4.78 is 22.8. The van der Waals surface area contributed by atoms with E-state index in [1.165, 1.54) is 6.21 Å². The van der Waals surface area contributed by atoms with E-state index in [4.69, 9.17) is 30.5 Å². The molecule has 0 atom stereocenters. The predicted octanol–water partition coefficient (Wildman–Crippen LogP) is 7.36. The van der Waals surface area contributed by atoms with E-state index in [2.05, 4.69) is 31.4 Å². The Hall–Kier alpha value is -4.80. The number of ether oxygens (including phenoxy) is 4. The minimum atomic E-state index is -0.576. The van der Waals surface area contributed by atoms with Crippen LogP contribution in [0.15, 0.2) is 88.4 Å². The smallest absolute Gasteiger partial charge is 0.343 e. The first kappa shape index (κ1) is 28.3. The van der Waals surface area contributed by atoms with Crippen molar-refractivity contribution in [3.63, 3.8) is 0 Å². The minimum absolute atomic E-state index is 0.105. The van der Waals surface area contributed by atoms with Gasteiger partial charge in [0.1, 0.15) is 5.69 Å². The first-order valence-corrected chi connectivity index (χ1v) is 14.4. The number of hydrogen-bond acceptors (Lipinski definition) is 7. The fourth-order valence-electron chi connectivity index (χ4n) is 4.66. The molecule has 6 rings (SSSR count). The first-order chi connectivity index (χ1) is 20.9. The van der Waals surface area contributed by atoms with Crippen LogP contribution in [0.5, 0.6) is 23.0 Å². The zero-order valence-corrected chi connectivity index (χ0v) is 25.0. The number of rotatable bonds is 8. The maximum atomic E-state index is 13.3. The van der Waals surface area contributed by atoms with E-state index >= 15 is 0 Å². The third-order valence-corrected chi connectivity index (χ3v) is 7.33. The van der Waals surface area contributed by atoms with Gasteiger partial charge in [-0.3, -0.25) is 4.79 Å². The lowest BCUT2D eigenvalue weighted by atomic mass is 10.0. The summed E-state index contributed by atoms with van der Waals surface area (Å²) in [7, 11) is 0. The molecule has 216 valence electrons. The van der Waals surface area contributed by atoms with Gasteiger partial charge in [-0.1, -0.05) is 57.9 Å². The van der Waals surface area contributed by atoms with Gasteiger partial charge < -0.3 is 23.9 Å². The summed E-state index contributed by atoms with van der Waals surface area (Å²) in [5, 5.41) is 5.44. The van der Waals surface area contributed by atoms with Crippen LogP contribution in [-0.2, 0) is 0 Å². The molecule has 1 aliphatic heterocycles. The Morgan fingerprint density at radius 3 is 2.65 bits per heavy atom. The second-order valence-electron chi connectivity index (χ2n) is 9.35. The van der Waals surface area contributed by atoms with Gasteiger partial charge >= 0.3 is 5.97 Å². The van der Waals surface area contributed by atoms with Crippen molar-refractivity contribution in [1.29, 1.82) is 0 Å². The van der Waals surface area contributed by atoms with Crippen LogP contribution in [0.25, 0.3) is 22.0 Å². The Morgan fingerprint density at radius 1 is 1.02 bits per heavy atom. The number of hydrogen-bond donors (Lipinski definition) is 2. The van der Waals surface area contributed by atoms with Crippen LogP contribution in [0.4, 0.5) is 0 Å². The van der Waals surface area contributed by atoms with E-state index in [1.807, 2.05) is 43.3 Å². The number of carbonyl (C=O) groups excluding carboxylic acids is 2. The number of esters is 1. The molecule has 11 heteroatoms. The molecule has 0 saturated carbocycles. The summed E-state index contributed by atoms with van der Waals surface area (Å²) >= 11 is 9.98. The molecule has 1 aromatic heterocycles. The van der Waals surface area contributed by atoms with Crippen molar-refractivity contribution in [2.75, 3.05) is 13.4 Å². The quantitative estimate of drug-likeness (QED) is 0.0779. The SMILES string of the molecule is CCOc1cc(C=NNC(=O)c2[nH]c3c(Cl)cc(Br)cc3c2-c2ccccc2)ccc1OC(=O)c1ccc2c(c1)OCO2. The average molecular weight is 661 g/mol. The third-order valence-electron chi connectivity index (χ3n) is 6.57. The summed E-state index contributed by atoms with van der Waals surface area (Å²) in [5.41, 5.74) is 6.03. The van der Waals surface area contributed by atoms with Crippen molar-refractivity contribution < 1.29 is 28.5 Å². The van der Waals surface area contributed by atoms with Gasteiger partial charge in [0.2, 0.25) is 6.79 Å². The van der Waals surface area contributed by atoms with Crippen molar-refractivity contribution >= 4 is 56.5 Å². The van der Waals surface area contributed by atoms with Gasteiger partial charge in [-0.05, 0) is 66.6 Å². The van der Waals surface area contributed by atoms with Gasteiger partial charge in [-0.25, -0.2) is 10.2 Å². The van der Waals surface area contributed by atoms with Crippen LogP contribution in [0.2, 0.25) is 5.02 Å². The highest BCUT2D eigenvalue weighted by Crippen LogP contribution is 2.38. The van der Waals surface area contributed by atoms with Gasteiger partial charge in [0, 0.05) is 15.4 Å². The Kier molecular flexibility index (Phi) is 8.04. The van der Waals surface area contributed by atoms with E-state index in [1.54, 1.807) is 42.5 Å². The molecule has 9 nitrogen and oxygen atoms in total. The Labute approximate surface area is 259 Å². The second kappa shape index (κ2) is 12.2. The lowest BCUT2D eigenvalue weighted by Crippen LogP contribution is -2.18. The minimum Gasteiger partial charge on any atom is -0.490 e. The molecule has 2 N–H and O–H groups in total. The molecule has 0 fully saturated rings. The molecule has 0 spiro atoms. The number of nitrogens with one attached hydrogen (secondary N) is 2. The highest BCUT2D eigenvalue weighted by molar-refractivity contribution is 9.10. The molecule has 1 amide bonds. The van der Waals surface area contributed by atoms with Crippen LogP contribution < -0.4 is 24.4 Å². The highest BCUT2D eigenvalue weighted by Gasteiger charge is 2.22. The molecule has 0 aliphatic carbocycles. The zero-order chi connectivity index (χ0) is 29.9. The molecule has 4 aromatic carbocycles. The molecule has 0 radical (unpaired) electrons. The summed E-state index contributed by atoms with van der Waals surface area (Å²) in [5.74, 6) is 0.603. The van der Waals surface area contributed by atoms with Gasteiger partial charge in [0.25, 0.3) is 5.91 Å². The molecule has 0 saturated heterocycles. The largest absolute Gasteiger partial charge is 0.490 e. The van der Waals surface area contributed by atoms with E-state index in [0.29, 0.717) is 56.8 Å². The third kappa shape index (κ3) is 5.93. The number of aromatic nitrogens is 1. The highest BCUT2D eigenvalue weighted by atomic mass is 79.9. The molecule has 1 aliphatic rings. The number of aromatic amines is 1. The molecular formula is C32H23BrClN3O6. The summed E-state index contributed by atoms with van der Waals surface area (Å²) in [6, 6.07) is 23.0. The maximum Gasteiger partial charge on any atom is 0.343 e. The summed E-state index contributed by atoms with van der Waals surface area (Å²) in [6.07, 6.45) is 1.47. The molecule has 0 bridgehead atoms. The van der Waals surface area contributed by atoms with Gasteiger partial charge in [-0.15, -0.1) is 0 Å². The fourth-order valence-corrected chi connectivity index (χ4v) is 5.51. The normalized spacial score (nSPS) is 12.1. The Morgan fingerprint density at radius 2 is 1.84 bits per heavy atom.